The molecule has 0 aliphatic rings. The third kappa shape index (κ3) is 7.83. The summed E-state index contributed by atoms with van der Waals surface area (Å²) in [4.78, 5) is 11.9. The molecule has 0 aliphatic heterocycles. The van der Waals surface area contributed by atoms with E-state index in [4.69, 9.17) is 23.2 Å². The number of benzene rings is 1. The zero-order chi connectivity index (χ0) is 18.2. The van der Waals surface area contributed by atoms with Crippen molar-refractivity contribution in [3.05, 3.63) is 33.8 Å². The van der Waals surface area contributed by atoms with E-state index in [1.54, 1.807) is 12.1 Å². The molecule has 0 radical (unpaired) electrons. The van der Waals surface area contributed by atoms with E-state index < -0.39 is 10.0 Å². The zero-order valence-electron chi connectivity index (χ0n) is 14.0. The summed E-state index contributed by atoms with van der Waals surface area (Å²) in [6.07, 6.45) is 3.59. The number of nitrogens with one attached hydrogen (secondary N) is 1. The average Bonchev–Trinajstić information content (AvgIpc) is 2.48. The fourth-order valence-electron chi connectivity index (χ4n) is 2.15. The molecule has 0 spiro atoms. The van der Waals surface area contributed by atoms with Gasteiger partial charge < -0.3 is 5.32 Å². The molecule has 1 rings (SSSR count). The van der Waals surface area contributed by atoms with Gasteiger partial charge in [-0.05, 0) is 30.5 Å². The van der Waals surface area contributed by atoms with E-state index in [9.17, 15) is 13.2 Å². The van der Waals surface area contributed by atoms with E-state index in [-0.39, 0.29) is 18.9 Å². The Hall–Kier alpha value is -0.820. The lowest BCUT2D eigenvalue weighted by Gasteiger charge is -2.19. The highest BCUT2D eigenvalue weighted by atomic mass is 35.5. The molecule has 0 atom stereocenters. The number of sulfonamides is 1. The minimum atomic E-state index is -3.28. The van der Waals surface area contributed by atoms with Crippen molar-refractivity contribution in [2.24, 2.45) is 0 Å². The number of hydrogen-bond donors (Lipinski definition) is 1. The van der Waals surface area contributed by atoms with Crippen molar-refractivity contribution in [2.45, 2.75) is 32.6 Å². The smallest absolute Gasteiger partial charge is 0.221 e. The van der Waals surface area contributed by atoms with E-state index >= 15 is 0 Å². The fraction of sp³-hybridized carbons (Fsp3) is 0.562. The number of carbonyl (C=O) groups is 1. The zero-order valence-corrected chi connectivity index (χ0v) is 16.3. The first kappa shape index (κ1) is 21.2. The van der Waals surface area contributed by atoms with Crippen molar-refractivity contribution in [3.63, 3.8) is 0 Å². The summed E-state index contributed by atoms with van der Waals surface area (Å²) in [5.74, 6) is -0.176. The molecule has 1 N–H and O–H groups in total. The van der Waals surface area contributed by atoms with Gasteiger partial charge in [-0.25, -0.2) is 12.7 Å². The van der Waals surface area contributed by atoms with E-state index in [1.807, 2.05) is 13.0 Å². The number of unbranched alkanes of at least 4 members (excludes halogenated alkanes) is 1. The molecule has 0 fully saturated rings. The van der Waals surface area contributed by atoms with Crippen LogP contribution in [-0.4, -0.2) is 44.5 Å². The van der Waals surface area contributed by atoms with Gasteiger partial charge in [-0.1, -0.05) is 42.6 Å². The Bertz CT molecular complexity index is 651. The second-order valence-electron chi connectivity index (χ2n) is 5.60. The third-order valence-corrected chi connectivity index (χ3v) is 5.44. The molecule has 0 aliphatic carbocycles. The number of hydrogen-bond acceptors (Lipinski definition) is 3. The largest absolute Gasteiger partial charge is 0.356 e. The fourth-order valence-corrected chi connectivity index (χ4v) is 3.54. The second kappa shape index (κ2) is 10.2. The Morgan fingerprint density at radius 2 is 1.96 bits per heavy atom. The minimum absolute atomic E-state index is 0.144. The molecular formula is C16H24Cl2N2O3S. The maximum atomic E-state index is 11.9. The van der Waals surface area contributed by atoms with Crippen molar-refractivity contribution in [3.8, 4) is 0 Å². The van der Waals surface area contributed by atoms with Gasteiger partial charge in [0, 0.05) is 36.1 Å². The SMILES string of the molecule is CCCCN(CCC(=O)NCCc1ccc(Cl)cc1Cl)S(C)(=O)=O. The molecule has 0 aromatic heterocycles. The molecule has 24 heavy (non-hydrogen) atoms. The van der Waals surface area contributed by atoms with Crippen LogP contribution in [0.2, 0.25) is 10.0 Å². The van der Waals surface area contributed by atoms with E-state index in [0.717, 1.165) is 18.4 Å². The second-order valence-corrected chi connectivity index (χ2v) is 8.43. The first-order valence-corrected chi connectivity index (χ1v) is 10.5. The van der Waals surface area contributed by atoms with Crippen molar-refractivity contribution >= 4 is 39.1 Å². The average molecular weight is 395 g/mol. The maximum absolute atomic E-state index is 11.9. The summed E-state index contributed by atoms with van der Waals surface area (Å²) >= 11 is 11.9. The molecule has 136 valence electrons. The van der Waals surface area contributed by atoms with E-state index in [0.29, 0.717) is 29.6 Å². The quantitative estimate of drug-likeness (QED) is 0.662. The van der Waals surface area contributed by atoms with Crippen LogP contribution in [0.4, 0.5) is 0 Å². The Morgan fingerprint density at radius 1 is 1.25 bits per heavy atom. The van der Waals surface area contributed by atoms with Crippen molar-refractivity contribution in [1.82, 2.24) is 9.62 Å². The first-order valence-electron chi connectivity index (χ1n) is 7.89. The predicted octanol–water partition coefficient (Wildman–Crippen LogP) is 3.10. The van der Waals surface area contributed by atoms with Crippen LogP contribution in [0.5, 0.6) is 0 Å². The van der Waals surface area contributed by atoms with Gasteiger partial charge in [-0.15, -0.1) is 0 Å². The molecule has 1 amide bonds. The van der Waals surface area contributed by atoms with E-state index in [1.165, 1.54) is 10.6 Å². The standard InChI is InChI=1S/C16H24Cl2N2O3S/c1-3-4-10-20(24(2,22)23)11-8-16(21)19-9-7-13-5-6-14(17)12-15(13)18/h5-6,12H,3-4,7-11H2,1-2H3,(H,19,21). The Labute approximate surface area is 154 Å². The number of halogens is 2. The highest BCUT2D eigenvalue weighted by Gasteiger charge is 2.17. The molecule has 0 bridgehead atoms. The van der Waals surface area contributed by atoms with Gasteiger partial charge >= 0.3 is 0 Å². The van der Waals surface area contributed by atoms with Crippen LogP contribution >= 0.6 is 23.2 Å². The number of amides is 1. The Balaban J connectivity index is 2.40. The molecule has 0 heterocycles. The summed E-state index contributed by atoms with van der Waals surface area (Å²) in [6.45, 7) is 3.08. The Kier molecular flexibility index (Phi) is 9.05. The molecule has 1 aromatic rings. The van der Waals surface area contributed by atoms with Crippen LogP contribution in [0.3, 0.4) is 0 Å². The first-order chi connectivity index (χ1) is 11.2. The number of rotatable bonds is 10. The summed E-state index contributed by atoms with van der Waals surface area (Å²) in [5, 5.41) is 3.92. The van der Waals surface area contributed by atoms with Gasteiger partial charge in [0.05, 0.1) is 6.26 Å². The molecule has 8 heteroatoms. The third-order valence-electron chi connectivity index (χ3n) is 3.55. The summed E-state index contributed by atoms with van der Waals surface area (Å²) in [6, 6.07) is 5.24. The maximum Gasteiger partial charge on any atom is 0.221 e. The molecule has 0 unspecified atom stereocenters. The van der Waals surface area contributed by atoms with Crippen LogP contribution in [0.25, 0.3) is 0 Å². The van der Waals surface area contributed by atoms with Gasteiger partial charge in [0.1, 0.15) is 0 Å². The summed E-state index contributed by atoms with van der Waals surface area (Å²) in [5.41, 5.74) is 0.905. The Morgan fingerprint density at radius 3 is 2.54 bits per heavy atom. The van der Waals surface area contributed by atoms with Gasteiger partial charge in [0.25, 0.3) is 0 Å². The predicted molar refractivity (Wildman–Crippen MR) is 99.1 cm³/mol. The lowest BCUT2D eigenvalue weighted by Crippen LogP contribution is -2.35. The molecule has 5 nitrogen and oxygen atoms in total. The van der Waals surface area contributed by atoms with Crippen LogP contribution in [0, 0.1) is 0 Å². The number of nitrogens with zero attached hydrogens (tertiary/aromatic N) is 1. The number of carbonyl (C=O) groups excluding carboxylic acids is 1. The lowest BCUT2D eigenvalue weighted by atomic mass is 10.1. The van der Waals surface area contributed by atoms with Crippen LogP contribution in [0.1, 0.15) is 31.7 Å². The highest BCUT2D eigenvalue weighted by molar-refractivity contribution is 7.88. The van der Waals surface area contributed by atoms with Gasteiger partial charge in [-0.2, -0.15) is 0 Å². The van der Waals surface area contributed by atoms with Crippen molar-refractivity contribution in [1.29, 1.82) is 0 Å². The minimum Gasteiger partial charge on any atom is -0.356 e. The van der Waals surface area contributed by atoms with Crippen molar-refractivity contribution < 1.29 is 13.2 Å². The van der Waals surface area contributed by atoms with Crippen LogP contribution in [0.15, 0.2) is 18.2 Å². The molecular weight excluding hydrogens is 371 g/mol. The van der Waals surface area contributed by atoms with Crippen molar-refractivity contribution in [2.75, 3.05) is 25.9 Å². The van der Waals surface area contributed by atoms with Gasteiger partial charge in [0.2, 0.25) is 15.9 Å². The molecule has 1 aromatic carbocycles. The lowest BCUT2D eigenvalue weighted by molar-refractivity contribution is -0.121. The normalized spacial score (nSPS) is 11.7. The highest BCUT2D eigenvalue weighted by Crippen LogP contribution is 2.21. The summed E-state index contributed by atoms with van der Waals surface area (Å²) in [7, 11) is -3.28. The monoisotopic (exact) mass is 394 g/mol. The summed E-state index contributed by atoms with van der Waals surface area (Å²) < 4.78 is 24.7. The topological polar surface area (TPSA) is 66.5 Å². The van der Waals surface area contributed by atoms with Gasteiger partial charge in [0.15, 0.2) is 0 Å². The van der Waals surface area contributed by atoms with Gasteiger partial charge in [-0.3, -0.25) is 4.79 Å². The van der Waals surface area contributed by atoms with Crippen LogP contribution < -0.4 is 5.32 Å². The van der Waals surface area contributed by atoms with E-state index in [2.05, 4.69) is 5.32 Å². The molecule has 0 saturated carbocycles. The molecule has 0 saturated heterocycles. The van der Waals surface area contributed by atoms with Crippen LogP contribution in [-0.2, 0) is 21.2 Å².